The van der Waals surface area contributed by atoms with Crippen LogP contribution in [0.2, 0.25) is 0 Å². The summed E-state index contributed by atoms with van der Waals surface area (Å²) < 4.78 is 1.04. The van der Waals surface area contributed by atoms with Crippen molar-refractivity contribution in [2.24, 2.45) is 0 Å². The Morgan fingerprint density at radius 2 is 1.26 bits per heavy atom. The molecule has 0 amide bonds. The highest BCUT2D eigenvalue weighted by molar-refractivity contribution is 7.80. The summed E-state index contributed by atoms with van der Waals surface area (Å²) in [6, 6.07) is 4.51. The van der Waals surface area contributed by atoms with Crippen LogP contribution in [0.4, 0.5) is 0 Å². The van der Waals surface area contributed by atoms with Crippen LogP contribution in [0.15, 0.2) is 12.1 Å². The number of hydrogen-bond donors (Lipinski definition) is 1. The van der Waals surface area contributed by atoms with Gasteiger partial charge in [0.1, 0.15) is 9.57 Å². The number of rotatable bonds is 10. The molecule has 0 unspecified atom stereocenters. The van der Waals surface area contributed by atoms with Gasteiger partial charge >= 0.3 is 0 Å². The first-order valence-electron chi connectivity index (χ1n) is 13.4. The smallest absolute Gasteiger partial charge is 0.124 e. The largest absolute Gasteiger partial charge is 0.507 e. The Labute approximate surface area is 224 Å². The number of phenolic OH excluding ortho intramolecular Hbond substituents is 1. The van der Waals surface area contributed by atoms with E-state index >= 15 is 0 Å². The van der Waals surface area contributed by atoms with Gasteiger partial charge in [-0.15, -0.1) is 0 Å². The summed E-state index contributed by atoms with van der Waals surface area (Å²) in [5, 5.41) is 11.4. The summed E-state index contributed by atoms with van der Waals surface area (Å²) in [6.07, 6.45) is 3.39. The molecule has 2 aliphatic rings. The molecular weight excluding hydrogens is 493 g/mol. The highest BCUT2D eigenvalue weighted by atomic mass is 32.9. The Hall–Kier alpha value is -0.870. The van der Waals surface area contributed by atoms with E-state index in [1.165, 1.54) is 28.8 Å². The zero-order valence-electron chi connectivity index (χ0n) is 21.7. The molecule has 4 rings (SSSR count). The Morgan fingerprint density at radius 3 is 1.71 bits per heavy atom. The molecule has 194 valence electrons. The van der Waals surface area contributed by atoms with E-state index in [-0.39, 0.29) is 0 Å². The second-order valence-electron chi connectivity index (χ2n) is 9.93. The normalized spacial score (nSPS) is 18.9. The van der Waals surface area contributed by atoms with Gasteiger partial charge in [0.05, 0.1) is 4.88 Å². The van der Waals surface area contributed by atoms with Crippen LogP contribution in [0.3, 0.4) is 0 Å². The molecule has 1 aromatic carbocycles. The second-order valence-corrected chi connectivity index (χ2v) is 12.7. The van der Waals surface area contributed by atoms with E-state index in [9.17, 15) is 5.11 Å². The number of aromatic hydroxyl groups is 1. The number of piperazine rings is 2. The molecule has 2 aromatic rings. The third-order valence-corrected chi connectivity index (χ3v) is 10.8. The molecule has 8 heteroatoms. The van der Waals surface area contributed by atoms with Gasteiger partial charge in [0, 0.05) is 76.6 Å². The first-order chi connectivity index (χ1) is 17.0. The van der Waals surface area contributed by atoms with Gasteiger partial charge in [0.25, 0.3) is 0 Å². The van der Waals surface area contributed by atoms with Gasteiger partial charge in [0.2, 0.25) is 0 Å². The molecule has 2 aliphatic heterocycles. The Morgan fingerprint density at radius 1 is 0.771 bits per heavy atom. The number of benzene rings is 1. The average molecular weight is 535 g/mol. The highest BCUT2D eigenvalue weighted by Crippen LogP contribution is 2.39. The predicted molar refractivity (Wildman–Crippen MR) is 154 cm³/mol. The van der Waals surface area contributed by atoms with Crippen LogP contribution in [0.1, 0.15) is 50.3 Å². The van der Waals surface area contributed by atoms with Gasteiger partial charge in [-0.3, -0.25) is 9.80 Å². The minimum atomic E-state index is 0.499. The average Bonchev–Trinajstić information content (AvgIpc) is 3.26. The molecule has 1 N–H and O–H groups in total. The fourth-order valence-corrected chi connectivity index (χ4v) is 8.20. The van der Waals surface area contributed by atoms with E-state index in [0.29, 0.717) is 5.75 Å². The lowest BCUT2D eigenvalue weighted by Crippen LogP contribution is -2.45. The van der Waals surface area contributed by atoms with Crippen molar-refractivity contribution in [1.29, 1.82) is 0 Å². The maximum absolute atomic E-state index is 11.4. The minimum absolute atomic E-state index is 0.499. The molecule has 0 saturated carbocycles. The van der Waals surface area contributed by atoms with Crippen molar-refractivity contribution in [2.45, 2.75) is 53.1 Å². The van der Waals surface area contributed by atoms with Crippen LogP contribution in [0, 0.1) is 3.82 Å². The summed E-state index contributed by atoms with van der Waals surface area (Å²) >= 11 is 5.74. The molecule has 5 nitrogen and oxygen atoms in total. The van der Waals surface area contributed by atoms with Crippen molar-refractivity contribution in [3.05, 3.63) is 32.6 Å². The fraction of sp³-hybridized carbons (Fsp3) is 0.667. The first-order valence-corrected chi connectivity index (χ1v) is 15.9. The van der Waals surface area contributed by atoms with Crippen LogP contribution in [-0.4, -0.2) is 90.2 Å². The highest BCUT2D eigenvalue weighted by Gasteiger charge is 2.22. The molecule has 0 bridgehead atoms. The van der Waals surface area contributed by atoms with E-state index in [1.54, 1.807) is 10.3 Å². The molecule has 2 fully saturated rings. The SMILES string of the molecule is CCCCc1c(-c2cc(CN3CCN(CC)CC3)c(O)c(CN3CCN(CC)CC3)c2)ssc1=S. The fourth-order valence-electron chi connectivity index (χ4n) is 5.21. The molecular formula is C27H42N4OS3. The maximum Gasteiger partial charge on any atom is 0.124 e. The predicted octanol–water partition coefficient (Wildman–Crippen LogP) is 5.53. The van der Waals surface area contributed by atoms with Crippen LogP contribution in [0.25, 0.3) is 10.4 Å². The molecule has 3 heterocycles. The van der Waals surface area contributed by atoms with Crippen molar-refractivity contribution in [1.82, 2.24) is 19.6 Å². The van der Waals surface area contributed by atoms with Crippen LogP contribution in [0.5, 0.6) is 5.75 Å². The number of likely N-dealkylation sites (N-methyl/N-ethyl adjacent to an activating group) is 2. The van der Waals surface area contributed by atoms with E-state index in [4.69, 9.17) is 12.2 Å². The van der Waals surface area contributed by atoms with Crippen molar-refractivity contribution in [3.8, 4) is 16.2 Å². The summed E-state index contributed by atoms with van der Waals surface area (Å²) in [7, 11) is 3.55. The topological polar surface area (TPSA) is 33.2 Å². The molecule has 2 saturated heterocycles. The summed E-state index contributed by atoms with van der Waals surface area (Å²) in [5.74, 6) is 0.499. The molecule has 35 heavy (non-hydrogen) atoms. The van der Waals surface area contributed by atoms with Crippen molar-refractivity contribution in [2.75, 3.05) is 65.4 Å². The first kappa shape index (κ1) is 27.2. The van der Waals surface area contributed by atoms with Gasteiger partial charge < -0.3 is 14.9 Å². The van der Waals surface area contributed by atoms with Crippen molar-refractivity contribution < 1.29 is 5.11 Å². The lowest BCUT2D eigenvalue weighted by Gasteiger charge is -2.35. The monoisotopic (exact) mass is 534 g/mol. The number of unbranched alkanes of at least 4 members (excludes halogenated alkanes) is 1. The summed E-state index contributed by atoms with van der Waals surface area (Å²) in [6.45, 7) is 19.3. The Bertz CT molecular complexity index is 957. The number of phenols is 1. The molecule has 1 aromatic heterocycles. The van der Waals surface area contributed by atoms with Gasteiger partial charge in [-0.1, -0.05) is 60.1 Å². The number of nitrogens with zero attached hydrogens (tertiary/aromatic N) is 4. The second kappa shape index (κ2) is 13.1. The van der Waals surface area contributed by atoms with E-state index in [1.807, 2.05) is 10.3 Å². The van der Waals surface area contributed by atoms with Crippen LogP contribution >= 0.6 is 32.9 Å². The summed E-state index contributed by atoms with van der Waals surface area (Å²) in [4.78, 5) is 11.3. The van der Waals surface area contributed by atoms with Crippen LogP contribution < -0.4 is 0 Å². The quantitative estimate of drug-likeness (QED) is 0.319. The standard InChI is InChI=1S/C27H42N4OS3/c1-4-7-8-24-26(34-35-27(24)33)21-17-22(19-30-13-9-28(5-2)10-14-30)25(32)23(18-21)20-31-15-11-29(6-3)12-16-31/h17-18,32H,4-16,19-20H2,1-3H3. The van der Waals surface area contributed by atoms with Crippen molar-refractivity contribution in [3.63, 3.8) is 0 Å². The van der Waals surface area contributed by atoms with E-state index in [0.717, 1.165) is 99.9 Å². The van der Waals surface area contributed by atoms with Gasteiger partial charge in [0.15, 0.2) is 0 Å². The molecule has 0 atom stereocenters. The zero-order valence-corrected chi connectivity index (χ0v) is 24.2. The third-order valence-electron chi connectivity index (χ3n) is 7.64. The maximum atomic E-state index is 11.4. The van der Waals surface area contributed by atoms with Crippen LogP contribution in [-0.2, 0) is 19.5 Å². The van der Waals surface area contributed by atoms with Gasteiger partial charge in [-0.2, -0.15) is 0 Å². The van der Waals surface area contributed by atoms with E-state index < -0.39 is 0 Å². The van der Waals surface area contributed by atoms with Crippen molar-refractivity contribution >= 4 is 32.9 Å². The van der Waals surface area contributed by atoms with E-state index in [2.05, 4.69) is 52.5 Å². The molecule has 0 radical (unpaired) electrons. The molecule has 0 spiro atoms. The Balaban J connectivity index is 1.62. The summed E-state index contributed by atoms with van der Waals surface area (Å²) in [5.41, 5.74) is 4.73. The number of hydrogen-bond acceptors (Lipinski definition) is 8. The third kappa shape index (κ3) is 6.92. The van der Waals surface area contributed by atoms with Gasteiger partial charge in [-0.05, 0) is 49.2 Å². The Kier molecular flexibility index (Phi) is 10.2. The zero-order chi connectivity index (χ0) is 24.8. The molecule has 0 aliphatic carbocycles. The lowest BCUT2D eigenvalue weighted by molar-refractivity contribution is 0.128. The van der Waals surface area contributed by atoms with Gasteiger partial charge in [-0.25, -0.2) is 0 Å². The minimum Gasteiger partial charge on any atom is -0.507 e. The lowest BCUT2D eigenvalue weighted by atomic mass is 9.98.